The van der Waals surface area contributed by atoms with Gasteiger partial charge in [-0.25, -0.2) is 18.4 Å². The molecular formula is C36H43F2N3O7. The van der Waals surface area contributed by atoms with Gasteiger partial charge in [0.2, 0.25) is 17.6 Å². The summed E-state index contributed by atoms with van der Waals surface area (Å²) in [5, 5.41) is 3.23. The highest BCUT2D eigenvalue weighted by Gasteiger charge is 2.51. The molecule has 3 N–H and O–H groups in total. The van der Waals surface area contributed by atoms with E-state index in [9.17, 15) is 28.0 Å². The van der Waals surface area contributed by atoms with Gasteiger partial charge in [-0.3, -0.25) is 9.59 Å². The predicted molar refractivity (Wildman–Crippen MR) is 173 cm³/mol. The second kappa shape index (κ2) is 14.3. The summed E-state index contributed by atoms with van der Waals surface area (Å²) in [6, 6.07) is 10.1. The molecule has 2 aromatic carbocycles. The molecular weight excluding hydrogens is 624 g/mol. The van der Waals surface area contributed by atoms with Crippen LogP contribution in [0.25, 0.3) is 11.0 Å². The summed E-state index contributed by atoms with van der Waals surface area (Å²) in [6.45, 7) is 6.15. The van der Waals surface area contributed by atoms with Crippen LogP contribution in [0.3, 0.4) is 0 Å². The van der Waals surface area contributed by atoms with Crippen LogP contribution in [0.2, 0.25) is 0 Å². The number of fused-ring (bicyclic) bond motifs is 1. The van der Waals surface area contributed by atoms with E-state index in [0.29, 0.717) is 47.8 Å². The number of likely N-dealkylation sites (tertiary alicyclic amines) is 1. The van der Waals surface area contributed by atoms with Crippen molar-refractivity contribution in [2.24, 2.45) is 17.6 Å². The number of alkyl carbamates (subject to hydrolysis) is 1. The molecule has 3 aromatic rings. The zero-order chi connectivity index (χ0) is 34.7. The molecule has 2 heterocycles. The Morgan fingerprint density at radius 1 is 1.04 bits per heavy atom. The topological polar surface area (TPSA) is 141 Å². The van der Waals surface area contributed by atoms with Crippen molar-refractivity contribution in [3.63, 3.8) is 0 Å². The lowest BCUT2D eigenvalue weighted by Crippen LogP contribution is -2.50. The average molecular weight is 668 g/mol. The molecule has 1 aliphatic carbocycles. The molecule has 1 aromatic heterocycles. The monoisotopic (exact) mass is 667 g/mol. The zero-order valence-corrected chi connectivity index (χ0v) is 27.7. The SMILES string of the molecule is CCOC(=O)c1oc2ccccc2c1C1C[C@@H](c2ccc(F)cc2)[C@@H](C(N)=O)N1C(=O)[C@H]1CC[C@H](C(CF)NC(=O)OC(C)(C)C)CC1. The molecule has 258 valence electrons. The van der Waals surface area contributed by atoms with Gasteiger partial charge in [-0.2, -0.15) is 0 Å². The lowest BCUT2D eigenvalue weighted by molar-refractivity contribution is -0.144. The van der Waals surface area contributed by atoms with Crippen LogP contribution in [-0.4, -0.2) is 59.7 Å². The summed E-state index contributed by atoms with van der Waals surface area (Å²) < 4.78 is 44.7. The van der Waals surface area contributed by atoms with Gasteiger partial charge in [0, 0.05) is 22.8 Å². The Kier molecular flexibility index (Phi) is 10.4. The summed E-state index contributed by atoms with van der Waals surface area (Å²) in [7, 11) is 0. The van der Waals surface area contributed by atoms with Crippen molar-refractivity contribution >= 4 is 34.8 Å². The molecule has 10 nitrogen and oxygen atoms in total. The Morgan fingerprint density at radius 3 is 2.31 bits per heavy atom. The van der Waals surface area contributed by atoms with E-state index in [-0.39, 0.29) is 30.6 Å². The van der Waals surface area contributed by atoms with Crippen LogP contribution in [0, 0.1) is 17.7 Å². The molecule has 1 saturated heterocycles. The van der Waals surface area contributed by atoms with Crippen LogP contribution < -0.4 is 11.1 Å². The molecule has 2 aliphatic rings. The third-order valence-corrected chi connectivity index (χ3v) is 9.32. The van der Waals surface area contributed by atoms with E-state index in [2.05, 4.69) is 5.32 Å². The second-order valence-corrected chi connectivity index (χ2v) is 13.6. The third-order valence-electron chi connectivity index (χ3n) is 9.32. The Morgan fingerprint density at radius 2 is 1.71 bits per heavy atom. The van der Waals surface area contributed by atoms with Gasteiger partial charge < -0.3 is 29.8 Å². The highest BCUT2D eigenvalue weighted by molar-refractivity contribution is 5.98. The lowest BCUT2D eigenvalue weighted by Gasteiger charge is -2.37. The molecule has 1 aliphatic heterocycles. The van der Waals surface area contributed by atoms with Crippen molar-refractivity contribution in [2.45, 2.75) is 89.4 Å². The molecule has 1 saturated carbocycles. The highest BCUT2D eigenvalue weighted by Crippen LogP contribution is 2.50. The number of furan rings is 1. The van der Waals surface area contributed by atoms with Gasteiger partial charge in [0.05, 0.1) is 18.7 Å². The molecule has 4 atom stereocenters. The van der Waals surface area contributed by atoms with Gasteiger partial charge in [0.25, 0.3) is 0 Å². The van der Waals surface area contributed by atoms with E-state index in [0.717, 1.165) is 0 Å². The smallest absolute Gasteiger partial charge is 0.407 e. The molecule has 5 rings (SSSR count). The van der Waals surface area contributed by atoms with E-state index < -0.39 is 66.0 Å². The Hall–Kier alpha value is -4.48. The number of hydrogen-bond donors (Lipinski definition) is 2. The number of primary amides is 1. The predicted octanol–water partition coefficient (Wildman–Crippen LogP) is 6.33. The van der Waals surface area contributed by atoms with Crippen molar-refractivity contribution in [1.82, 2.24) is 10.2 Å². The summed E-state index contributed by atoms with van der Waals surface area (Å²) in [4.78, 5) is 55.0. The number of para-hydroxylation sites is 1. The Labute approximate surface area is 278 Å². The minimum atomic E-state index is -1.11. The first-order valence-corrected chi connectivity index (χ1v) is 16.4. The number of nitrogens with two attached hydrogens (primary N) is 1. The van der Waals surface area contributed by atoms with Crippen molar-refractivity contribution < 1.29 is 41.8 Å². The van der Waals surface area contributed by atoms with Crippen molar-refractivity contribution in [2.75, 3.05) is 13.3 Å². The maximum Gasteiger partial charge on any atom is 0.407 e. The number of alkyl halides is 1. The number of halogens is 2. The van der Waals surface area contributed by atoms with Gasteiger partial charge in [-0.1, -0.05) is 30.3 Å². The lowest BCUT2D eigenvalue weighted by atomic mass is 9.78. The fourth-order valence-corrected chi connectivity index (χ4v) is 7.25. The molecule has 2 unspecified atom stereocenters. The Balaban J connectivity index is 1.49. The van der Waals surface area contributed by atoms with E-state index >= 15 is 0 Å². The molecule has 2 fully saturated rings. The van der Waals surface area contributed by atoms with Crippen LogP contribution in [0.4, 0.5) is 13.6 Å². The van der Waals surface area contributed by atoms with E-state index in [1.54, 1.807) is 64.1 Å². The number of carbonyl (C=O) groups is 4. The van der Waals surface area contributed by atoms with Crippen molar-refractivity contribution in [1.29, 1.82) is 0 Å². The first-order valence-electron chi connectivity index (χ1n) is 16.4. The van der Waals surface area contributed by atoms with Crippen molar-refractivity contribution in [3.8, 4) is 0 Å². The van der Waals surface area contributed by atoms with Crippen LogP contribution in [0.1, 0.15) is 93.4 Å². The number of carbonyl (C=O) groups excluding carboxylic acids is 4. The minimum absolute atomic E-state index is 0.0634. The summed E-state index contributed by atoms with van der Waals surface area (Å²) in [5.74, 6) is -3.66. The van der Waals surface area contributed by atoms with Gasteiger partial charge in [-0.15, -0.1) is 0 Å². The van der Waals surface area contributed by atoms with Gasteiger partial charge in [0.15, 0.2) is 0 Å². The third kappa shape index (κ3) is 7.32. The zero-order valence-electron chi connectivity index (χ0n) is 27.7. The summed E-state index contributed by atoms with van der Waals surface area (Å²) in [6.07, 6.45) is 1.16. The Bertz CT molecular complexity index is 1640. The summed E-state index contributed by atoms with van der Waals surface area (Å²) >= 11 is 0. The quantitative estimate of drug-likeness (QED) is 0.254. The molecule has 12 heteroatoms. The molecule has 48 heavy (non-hydrogen) atoms. The van der Waals surface area contributed by atoms with Gasteiger partial charge in [0.1, 0.15) is 29.7 Å². The maximum absolute atomic E-state index is 14.6. The van der Waals surface area contributed by atoms with E-state index in [4.69, 9.17) is 19.6 Å². The number of nitrogens with zero attached hydrogens (tertiary/aromatic N) is 1. The van der Waals surface area contributed by atoms with Crippen LogP contribution in [0.5, 0.6) is 0 Å². The first kappa shape index (κ1) is 34.8. The van der Waals surface area contributed by atoms with Gasteiger partial charge >= 0.3 is 12.1 Å². The van der Waals surface area contributed by atoms with Crippen molar-refractivity contribution in [3.05, 3.63) is 71.2 Å². The number of benzene rings is 2. The minimum Gasteiger partial charge on any atom is -0.460 e. The van der Waals surface area contributed by atoms with E-state index in [1.165, 1.54) is 17.0 Å². The summed E-state index contributed by atoms with van der Waals surface area (Å²) in [5.41, 5.74) is 6.76. The van der Waals surface area contributed by atoms with Crippen LogP contribution in [-0.2, 0) is 19.1 Å². The first-order chi connectivity index (χ1) is 22.8. The number of hydrogen-bond acceptors (Lipinski definition) is 7. The maximum atomic E-state index is 14.6. The fourth-order valence-electron chi connectivity index (χ4n) is 7.25. The number of nitrogens with one attached hydrogen (secondary N) is 1. The van der Waals surface area contributed by atoms with E-state index in [1.807, 2.05) is 0 Å². The van der Waals surface area contributed by atoms with Crippen LogP contribution in [0.15, 0.2) is 52.9 Å². The van der Waals surface area contributed by atoms with Crippen LogP contribution >= 0.6 is 0 Å². The number of ether oxygens (including phenoxy) is 2. The normalized spacial score (nSPS) is 23.5. The average Bonchev–Trinajstić information content (AvgIpc) is 3.62. The largest absolute Gasteiger partial charge is 0.460 e. The fraction of sp³-hybridized carbons (Fsp3) is 0.500. The molecule has 0 bridgehead atoms. The highest BCUT2D eigenvalue weighted by atomic mass is 19.1. The number of esters is 1. The number of rotatable bonds is 9. The molecule has 3 amide bonds. The number of amides is 3. The molecule has 0 spiro atoms. The van der Waals surface area contributed by atoms with Gasteiger partial charge in [-0.05, 0) is 89.5 Å². The second-order valence-electron chi connectivity index (χ2n) is 13.6. The standard InChI is InChI=1S/C36H43F2N3O7/c1-5-46-34(44)31-29(24-8-6-7-9-28(24)47-31)27-18-25(20-14-16-23(38)17-15-20)30(32(39)42)41(27)33(43)22-12-10-21(11-13-22)26(19-37)40-35(45)48-36(2,3)4/h6-9,14-17,21-22,25-27,30H,5,10-13,18-19H2,1-4H3,(H2,39,42)(H,40,45)/t21-,22-,25-,26?,27?,30-/m0/s1. The molecule has 0 radical (unpaired) electrons.